The minimum atomic E-state index is -0.320. The third kappa shape index (κ3) is 5.66. The highest BCUT2D eigenvalue weighted by atomic mass is 35.5. The molecule has 2 heterocycles. The highest BCUT2D eigenvalue weighted by Crippen LogP contribution is 2.21. The summed E-state index contributed by atoms with van der Waals surface area (Å²) in [5, 5.41) is 4.21. The van der Waals surface area contributed by atoms with Crippen LogP contribution < -0.4 is 5.32 Å². The summed E-state index contributed by atoms with van der Waals surface area (Å²) in [5.41, 5.74) is 2.98. The summed E-state index contributed by atoms with van der Waals surface area (Å²) < 4.78 is 5.54. The number of rotatable bonds is 6. The van der Waals surface area contributed by atoms with Crippen LogP contribution in [0.4, 0.5) is 5.69 Å². The Balaban J connectivity index is 1.28. The van der Waals surface area contributed by atoms with Crippen molar-refractivity contribution >= 4 is 34.8 Å². The monoisotopic (exact) mass is 458 g/mol. The molecular formula is C23H24Cl2N4O2. The maximum absolute atomic E-state index is 12.5. The normalized spacial score (nSPS) is 15.2. The molecule has 0 radical (unpaired) electrons. The number of aromatic nitrogens is 1. The molecular weight excluding hydrogens is 435 g/mol. The maximum Gasteiger partial charge on any atom is 0.277 e. The molecule has 0 spiro atoms. The van der Waals surface area contributed by atoms with E-state index in [0.717, 1.165) is 48.9 Å². The number of nitrogens with zero attached hydrogens (tertiary/aromatic N) is 3. The van der Waals surface area contributed by atoms with Gasteiger partial charge in [-0.2, -0.15) is 0 Å². The van der Waals surface area contributed by atoms with Gasteiger partial charge in [0.2, 0.25) is 5.89 Å². The standard InChI is InChI=1S/C23H24Cl2N4O2/c1-16-6-7-18(12-20(16)25)26-23(30)21-15-31-22(27-21)14-29-10-8-28(9-11-29)13-17-4-2-3-5-19(17)24/h2-7,12,15H,8-11,13-14H2,1H3,(H,26,30). The number of carbonyl (C=O) groups excluding carboxylic acids is 1. The number of nitrogens with one attached hydrogen (secondary N) is 1. The number of amides is 1. The number of hydrogen-bond donors (Lipinski definition) is 1. The van der Waals surface area contributed by atoms with E-state index in [1.807, 2.05) is 37.3 Å². The van der Waals surface area contributed by atoms with Crippen LogP contribution in [0.5, 0.6) is 0 Å². The van der Waals surface area contributed by atoms with Gasteiger partial charge in [0.15, 0.2) is 5.69 Å². The van der Waals surface area contributed by atoms with Crippen LogP contribution in [0.2, 0.25) is 10.0 Å². The summed E-state index contributed by atoms with van der Waals surface area (Å²) in [5.74, 6) is 0.214. The number of piperazine rings is 1. The molecule has 0 saturated carbocycles. The maximum atomic E-state index is 12.5. The molecule has 1 aliphatic rings. The SMILES string of the molecule is Cc1ccc(NC(=O)c2coc(CN3CCN(Cc4ccccc4Cl)CC3)n2)cc1Cl. The van der Waals surface area contributed by atoms with Crippen LogP contribution >= 0.6 is 23.2 Å². The lowest BCUT2D eigenvalue weighted by Crippen LogP contribution is -2.45. The van der Waals surface area contributed by atoms with Gasteiger partial charge in [-0.1, -0.05) is 47.5 Å². The minimum absolute atomic E-state index is 0.254. The van der Waals surface area contributed by atoms with E-state index in [9.17, 15) is 4.79 Å². The third-order valence-corrected chi connectivity index (χ3v) is 6.17. The van der Waals surface area contributed by atoms with Crippen molar-refractivity contribution in [2.24, 2.45) is 0 Å². The fourth-order valence-corrected chi connectivity index (χ4v) is 3.89. The number of carbonyl (C=O) groups is 1. The lowest BCUT2D eigenvalue weighted by molar-refractivity contribution is 0.102. The van der Waals surface area contributed by atoms with Gasteiger partial charge in [0, 0.05) is 48.5 Å². The quantitative estimate of drug-likeness (QED) is 0.571. The van der Waals surface area contributed by atoms with Gasteiger partial charge in [-0.25, -0.2) is 4.98 Å². The Morgan fingerprint density at radius 1 is 1.03 bits per heavy atom. The van der Waals surface area contributed by atoms with Gasteiger partial charge in [-0.3, -0.25) is 14.6 Å². The average molecular weight is 459 g/mol. The Kier molecular flexibility index (Phi) is 6.92. The van der Waals surface area contributed by atoms with Crippen molar-refractivity contribution in [3.8, 4) is 0 Å². The molecule has 1 N–H and O–H groups in total. The smallest absolute Gasteiger partial charge is 0.277 e. The van der Waals surface area contributed by atoms with Crippen molar-refractivity contribution in [2.75, 3.05) is 31.5 Å². The highest BCUT2D eigenvalue weighted by molar-refractivity contribution is 6.31. The first-order valence-corrected chi connectivity index (χ1v) is 10.9. The summed E-state index contributed by atoms with van der Waals surface area (Å²) in [6.45, 7) is 7.01. The van der Waals surface area contributed by atoms with Crippen LogP contribution in [0, 0.1) is 6.92 Å². The first-order chi connectivity index (χ1) is 15.0. The van der Waals surface area contributed by atoms with Crippen LogP contribution in [0.3, 0.4) is 0 Å². The molecule has 8 heteroatoms. The molecule has 3 aromatic rings. The van der Waals surface area contributed by atoms with Gasteiger partial charge in [-0.15, -0.1) is 0 Å². The van der Waals surface area contributed by atoms with E-state index in [1.54, 1.807) is 6.07 Å². The van der Waals surface area contributed by atoms with Gasteiger partial charge in [0.1, 0.15) is 6.26 Å². The summed E-state index contributed by atoms with van der Waals surface area (Å²) in [6.07, 6.45) is 1.40. The summed E-state index contributed by atoms with van der Waals surface area (Å²) >= 11 is 12.4. The number of hydrogen-bond acceptors (Lipinski definition) is 5. The molecule has 1 aliphatic heterocycles. The van der Waals surface area contributed by atoms with E-state index in [-0.39, 0.29) is 11.6 Å². The largest absolute Gasteiger partial charge is 0.447 e. The summed E-state index contributed by atoms with van der Waals surface area (Å²) in [7, 11) is 0. The van der Waals surface area contributed by atoms with Gasteiger partial charge in [-0.05, 0) is 36.2 Å². The number of benzene rings is 2. The van der Waals surface area contributed by atoms with Crippen molar-refractivity contribution in [1.82, 2.24) is 14.8 Å². The van der Waals surface area contributed by atoms with E-state index in [0.29, 0.717) is 23.1 Å². The van der Waals surface area contributed by atoms with Crippen molar-refractivity contribution < 1.29 is 9.21 Å². The number of halogens is 2. The molecule has 162 valence electrons. The molecule has 31 heavy (non-hydrogen) atoms. The molecule has 0 aliphatic carbocycles. The molecule has 1 fully saturated rings. The predicted molar refractivity (Wildman–Crippen MR) is 123 cm³/mol. The molecule has 1 aromatic heterocycles. The van der Waals surface area contributed by atoms with Crippen LogP contribution in [0.25, 0.3) is 0 Å². The second-order valence-electron chi connectivity index (χ2n) is 7.69. The Morgan fingerprint density at radius 2 is 1.74 bits per heavy atom. The molecule has 1 amide bonds. The third-order valence-electron chi connectivity index (χ3n) is 5.39. The molecule has 0 bridgehead atoms. The summed E-state index contributed by atoms with van der Waals surface area (Å²) in [6, 6.07) is 13.3. The minimum Gasteiger partial charge on any atom is -0.447 e. The van der Waals surface area contributed by atoms with Crippen LogP contribution in [-0.4, -0.2) is 46.9 Å². The van der Waals surface area contributed by atoms with E-state index in [4.69, 9.17) is 27.6 Å². The van der Waals surface area contributed by atoms with Crippen molar-refractivity contribution in [3.05, 3.63) is 81.5 Å². The van der Waals surface area contributed by atoms with Crippen LogP contribution in [0.1, 0.15) is 27.5 Å². The molecule has 6 nitrogen and oxygen atoms in total. The van der Waals surface area contributed by atoms with E-state index in [2.05, 4.69) is 26.2 Å². The van der Waals surface area contributed by atoms with Gasteiger partial charge in [0.25, 0.3) is 5.91 Å². The van der Waals surface area contributed by atoms with E-state index >= 15 is 0 Å². The first kappa shape index (κ1) is 21.8. The highest BCUT2D eigenvalue weighted by Gasteiger charge is 2.20. The number of anilines is 1. The zero-order valence-electron chi connectivity index (χ0n) is 17.3. The lowest BCUT2D eigenvalue weighted by Gasteiger charge is -2.34. The van der Waals surface area contributed by atoms with Crippen molar-refractivity contribution in [3.63, 3.8) is 0 Å². The Bertz CT molecular complexity index is 1060. The second-order valence-corrected chi connectivity index (χ2v) is 8.50. The van der Waals surface area contributed by atoms with Crippen molar-refractivity contribution in [1.29, 1.82) is 0 Å². The Labute approximate surface area is 191 Å². The van der Waals surface area contributed by atoms with E-state index in [1.165, 1.54) is 6.26 Å². The zero-order valence-corrected chi connectivity index (χ0v) is 18.8. The number of oxazole rings is 1. The first-order valence-electron chi connectivity index (χ1n) is 10.2. The zero-order chi connectivity index (χ0) is 21.8. The Morgan fingerprint density at radius 3 is 2.45 bits per heavy atom. The van der Waals surface area contributed by atoms with Gasteiger partial charge in [0.05, 0.1) is 6.54 Å². The van der Waals surface area contributed by atoms with Gasteiger partial charge < -0.3 is 9.73 Å². The second kappa shape index (κ2) is 9.83. The molecule has 0 atom stereocenters. The lowest BCUT2D eigenvalue weighted by atomic mass is 10.2. The fraction of sp³-hybridized carbons (Fsp3) is 0.304. The Hall–Kier alpha value is -2.38. The molecule has 1 saturated heterocycles. The topological polar surface area (TPSA) is 61.6 Å². The summed E-state index contributed by atoms with van der Waals surface area (Å²) in [4.78, 5) is 21.5. The van der Waals surface area contributed by atoms with E-state index < -0.39 is 0 Å². The van der Waals surface area contributed by atoms with Gasteiger partial charge >= 0.3 is 0 Å². The fourth-order valence-electron chi connectivity index (χ4n) is 3.52. The van der Waals surface area contributed by atoms with Crippen molar-refractivity contribution in [2.45, 2.75) is 20.0 Å². The van der Waals surface area contributed by atoms with Crippen LogP contribution in [0.15, 0.2) is 53.1 Å². The van der Waals surface area contributed by atoms with Crippen LogP contribution in [-0.2, 0) is 13.1 Å². The number of aryl methyl sites for hydroxylation is 1. The predicted octanol–water partition coefficient (Wildman–Crippen LogP) is 4.86. The molecule has 2 aromatic carbocycles. The average Bonchev–Trinajstić information content (AvgIpc) is 3.22. The molecule has 0 unspecified atom stereocenters. The molecule has 4 rings (SSSR count).